The van der Waals surface area contributed by atoms with Gasteiger partial charge in [0.05, 0.1) is 0 Å². The first-order valence-electron chi connectivity index (χ1n) is 5.59. The number of nitrogens with two attached hydrogens (primary N) is 1. The molecule has 0 heterocycles. The number of rotatable bonds is 3. The van der Waals surface area contributed by atoms with Crippen LogP contribution in [0, 0.1) is 11.6 Å². The van der Waals surface area contributed by atoms with E-state index in [0.717, 1.165) is 11.4 Å². The summed E-state index contributed by atoms with van der Waals surface area (Å²) in [5.74, 6) is -0.600. The Morgan fingerprint density at radius 3 is 2.22 bits per heavy atom. The molecule has 0 fully saturated rings. The molecule has 0 aromatic heterocycles. The van der Waals surface area contributed by atoms with Crippen LogP contribution in [0.5, 0.6) is 0 Å². The minimum atomic E-state index is -0.313. The Bertz CT molecular complexity index is 538. The zero-order valence-corrected chi connectivity index (χ0v) is 10.0. The largest absolute Gasteiger partial charge is 0.344 e. The Balaban J connectivity index is 2.39. The van der Waals surface area contributed by atoms with Crippen LogP contribution in [-0.4, -0.2) is 7.05 Å². The Morgan fingerprint density at radius 1 is 1.00 bits per heavy atom. The standard InChI is InChI=1S/C14H14F2N2/c1-18(13-5-2-11(15)3-6-13)14-7-4-12(16)8-10(14)9-17/h2-8H,9,17H2,1H3. The summed E-state index contributed by atoms with van der Waals surface area (Å²) >= 11 is 0. The summed E-state index contributed by atoms with van der Waals surface area (Å²) in [6.07, 6.45) is 0. The SMILES string of the molecule is CN(c1ccc(F)cc1)c1ccc(F)cc1CN. The van der Waals surface area contributed by atoms with Crippen molar-refractivity contribution in [2.24, 2.45) is 5.73 Å². The van der Waals surface area contributed by atoms with E-state index in [0.29, 0.717) is 5.56 Å². The smallest absolute Gasteiger partial charge is 0.123 e. The molecule has 0 saturated carbocycles. The zero-order chi connectivity index (χ0) is 13.1. The number of nitrogens with zero attached hydrogens (tertiary/aromatic N) is 1. The second-order valence-corrected chi connectivity index (χ2v) is 4.01. The van der Waals surface area contributed by atoms with Gasteiger partial charge in [0, 0.05) is 25.0 Å². The Kier molecular flexibility index (Phi) is 3.58. The van der Waals surface area contributed by atoms with Crippen LogP contribution in [0.25, 0.3) is 0 Å². The molecule has 0 aliphatic heterocycles. The predicted molar refractivity (Wildman–Crippen MR) is 68.8 cm³/mol. The lowest BCUT2D eigenvalue weighted by Crippen LogP contribution is -2.13. The van der Waals surface area contributed by atoms with Crippen LogP contribution in [0.3, 0.4) is 0 Å². The van der Waals surface area contributed by atoms with Crippen LogP contribution >= 0.6 is 0 Å². The fourth-order valence-electron chi connectivity index (χ4n) is 1.85. The average Bonchev–Trinajstić information content (AvgIpc) is 2.38. The zero-order valence-electron chi connectivity index (χ0n) is 10.0. The Morgan fingerprint density at radius 2 is 1.61 bits per heavy atom. The summed E-state index contributed by atoms with van der Waals surface area (Å²) in [4.78, 5) is 1.85. The van der Waals surface area contributed by atoms with Crippen molar-refractivity contribution in [1.29, 1.82) is 0 Å². The van der Waals surface area contributed by atoms with Gasteiger partial charge in [-0.15, -0.1) is 0 Å². The van der Waals surface area contributed by atoms with E-state index in [4.69, 9.17) is 5.73 Å². The van der Waals surface area contributed by atoms with Crippen molar-refractivity contribution in [2.75, 3.05) is 11.9 Å². The lowest BCUT2D eigenvalue weighted by Gasteiger charge is -2.22. The first-order chi connectivity index (χ1) is 8.61. The predicted octanol–water partition coefficient (Wildman–Crippen LogP) is 3.19. The van der Waals surface area contributed by atoms with E-state index in [1.54, 1.807) is 18.2 Å². The van der Waals surface area contributed by atoms with Gasteiger partial charge in [-0.2, -0.15) is 0 Å². The van der Waals surface area contributed by atoms with E-state index in [2.05, 4.69) is 0 Å². The van der Waals surface area contributed by atoms with Gasteiger partial charge in [0.15, 0.2) is 0 Å². The fourth-order valence-corrected chi connectivity index (χ4v) is 1.85. The number of hydrogen-bond acceptors (Lipinski definition) is 2. The fraction of sp³-hybridized carbons (Fsp3) is 0.143. The highest BCUT2D eigenvalue weighted by Gasteiger charge is 2.09. The molecule has 2 nitrogen and oxygen atoms in total. The quantitative estimate of drug-likeness (QED) is 0.903. The van der Waals surface area contributed by atoms with E-state index in [-0.39, 0.29) is 18.2 Å². The van der Waals surface area contributed by atoms with Crippen molar-refractivity contribution >= 4 is 11.4 Å². The highest BCUT2D eigenvalue weighted by Crippen LogP contribution is 2.27. The minimum Gasteiger partial charge on any atom is -0.344 e. The molecule has 4 heteroatoms. The third-order valence-electron chi connectivity index (χ3n) is 2.84. The van der Waals surface area contributed by atoms with Crippen LogP contribution in [-0.2, 0) is 6.54 Å². The van der Waals surface area contributed by atoms with Crippen molar-refractivity contribution in [3.8, 4) is 0 Å². The molecule has 2 N–H and O–H groups in total. The summed E-state index contributed by atoms with van der Waals surface area (Å²) < 4.78 is 26.0. The molecular weight excluding hydrogens is 234 g/mol. The van der Waals surface area contributed by atoms with E-state index >= 15 is 0 Å². The highest BCUT2D eigenvalue weighted by molar-refractivity contribution is 5.65. The van der Waals surface area contributed by atoms with Gasteiger partial charge in [0.25, 0.3) is 0 Å². The lowest BCUT2D eigenvalue weighted by atomic mass is 10.1. The second kappa shape index (κ2) is 5.14. The van der Waals surface area contributed by atoms with Crippen LogP contribution in [0.4, 0.5) is 20.2 Å². The number of benzene rings is 2. The molecule has 2 aromatic rings. The van der Waals surface area contributed by atoms with Crippen molar-refractivity contribution in [2.45, 2.75) is 6.54 Å². The van der Waals surface area contributed by atoms with E-state index in [1.165, 1.54) is 24.3 Å². The van der Waals surface area contributed by atoms with E-state index in [1.807, 2.05) is 11.9 Å². The third-order valence-corrected chi connectivity index (χ3v) is 2.84. The molecule has 0 aliphatic rings. The topological polar surface area (TPSA) is 29.3 Å². The Labute approximate surface area is 105 Å². The molecule has 0 spiro atoms. The van der Waals surface area contributed by atoms with Crippen molar-refractivity contribution in [3.63, 3.8) is 0 Å². The molecule has 0 bridgehead atoms. The molecule has 0 saturated heterocycles. The van der Waals surface area contributed by atoms with Gasteiger partial charge in [-0.25, -0.2) is 8.78 Å². The van der Waals surface area contributed by atoms with Gasteiger partial charge in [0.1, 0.15) is 11.6 Å². The average molecular weight is 248 g/mol. The van der Waals surface area contributed by atoms with Gasteiger partial charge in [-0.1, -0.05) is 0 Å². The molecule has 0 amide bonds. The van der Waals surface area contributed by atoms with Crippen LogP contribution in [0.1, 0.15) is 5.56 Å². The summed E-state index contributed by atoms with van der Waals surface area (Å²) in [5.41, 5.74) is 7.94. The minimum absolute atomic E-state index is 0.249. The van der Waals surface area contributed by atoms with Gasteiger partial charge < -0.3 is 10.6 Å². The third kappa shape index (κ3) is 2.49. The van der Waals surface area contributed by atoms with Crippen LogP contribution in [0.15, 0.2) is 42.5 Å². The van der Waals surface area contributed by atoms with Gasteiger partial charge in [-0.05, 0) is 48.0 Å². The van der Waals surface area contributed by atoms with Crippen LogP contribution in [0.2, 0.25) is 0 Å². The number of anilines is 2. The summed E-state index contributed by atoms with van der Waals surface area (Å²) in [7, 11) is 1.83. The summed E-state index contributed by atoms with van der Waals surface area (Å²) in [6, 6.07) is 10.6. The highest BCUT2D eigenvalue weighted by atomic mass is 19.1. The number of halogens is 2. The number of hydrogen-bond donors (Lipinski definition) is 1. The van der Waals surface area contributed by atoms with Gasteiger partial charge >= 0.3 is 0 Å². The van der Waals surface area contributed by atoms with E-state index in [9.17, 15) is 8.78 Å². The molecule has 94 valence electrons. The molecule has 18 heavy (non-hydrogen) atoms. The molecule has 0 atom stereocenters. The second-order valence-electron chi connectivity index (χ2n) is 4.01. The normalized spacial score (nSPS) is 10.4. The van der Waals surface area contributed by atoms with E-state index < -0.39 is 0 Å². The lowest BCUT2D eigenvalue weighted by molar-refractivity contribution is 0.625. The summed E-state index contributed by atoms with van der Waals surface area (Å²) in [6.45, 7) is 0.249. The maximum absolute atomic E-state index is 13.1. The Hall–Kier alpha value is -1.94. The molecule has 0 aliphatic carbocycles. The molecule has 0 unspecified atom stereocenters. The first-order valence-corrected chi connectivity index (χ1v) is 5.59. The monoisotopic (exact) mass is 248 g/mol. The summed E-state index contributed by atoms with van der Waals surface area (Å²) in [5, 5.41) is 0. The van der Waals surface area contributed by atoms with Crippen molar-refractivity contribution in [3.05, 3.63) is 59.7 Å². The maximum Gasteiger partial charge on any atom is 0.123 e. The van der Waals surface area contributed by atoms with Gasteiger partial charge in [0.2, 0.25) is 0 Å². The van der Waals surface area contributed by atoms with Crippen LogP contribution < -0.4 is 10.6 Å². The van der Waals surface area contributed by atoms with Gasteiger partial charge in [-0.3, -0.25) is 0 Å². The maximum atomic E-state index is 13.1. The molecule has 2 aromatic carbocycles. The first kappa shape index (κ1) is 12.5. The van der Waals surface area contributed by atoms with Crippen molar-refractivity contribution in [1.82, 2.24) is 0 Å². The molecule has 0 radical (unpaired) electrons. The molecule has 2 rings (SSSR count). The molecular formula is C14H14F2N2. The van der Waals surface area contributed by atoms with Crippen molar-refractivity contribution < 1.29 is 8.78 Å².